The number of ether oxygens (including phenoxy) is 1. The molecule has 0 bridgehead atoms. The van der Waals surface area contributed by atoms with Gasteiger partial charge in [0.15, 0.2) is 5.58 Å². The molecule has 1 aliphatic carbocycles. The Morgan fingerprint density at radius 1 is 0.971 bits per heavy atom. The topological polar surface area (TPSA) is 41.7 Å². The molecule has 1 saturated heterocycles. The maximum Gasteiger partial charge on any atom is 0.175 e. The Morgan fingerprint density at radius 2 is 1.76 bits per heavy atom. The Morgan fingerprint density at radius 3 is 2.50 bits per heavy atom. The summed E-state index contributed by atoms with van der Waals surface area (Å²) < 4.78 is 12.1. The first-order valence-electron chi connectivity index (χ1n) is 13.1. The maximum absolute atomic E-state index is 6.17. The molecule has 0 unspecified atom stereocenters. The van der Waals surface area contributed by atoms with Crippen molar-refractivity contribution in [1.82, 2.24) is 15.0 Å². The van der Waals surface area contributed by atoms with Crippen molar-refractivity contribution in [3.8, 4) is 5.75 Å². The van der Waals surface area contributed by atoms with Gasteiger partial charge in [-0.15, -0.1) is 0 Å². The summed E-state index contributed by atoms with van der Waals surface area (Å²) in [4.78, 5) is 4.80. The smallest absolute Gasteiger partial charge is 0.175 e. The van der Waals surface area contributed by atoms with Crippen LogP contribution in [0.25, 0.3) is 11.0 Å². The van der Waals surface area contributed by atoms with Crippen LogP contribution in [0.2, 0.25) is 0 Å². The molecule has 34 heavy (non-hydrogen) atoms. The SMILES string of the molecule is CN(C)Cc1c(OCC2CC2)ccc2c(CCC3CCN(CCc4ccccc4)CC3)noc12. The summed E-state index contributed by atoms with van der Waals surface area (Å²) in [7, 11) is 4.18. The number of aromatic nitrogens is 1. The number of nitrogens with zero attached hydrogens (tertiary/aromatic N) is 3. The summed E-state index contributed by atoms with van der Waals surface area (Å²) in [5, 5.41) is 5.68. The van der Waals surface area contributed by atoms with Crippen LogP contribution in [0, 0.1) is 11.8 Å². The van der Waals surface area contributed by atoms with Crippen LogP contribution >= 0.6 is 0 Å². The van der Waals surface area contributed by atoms with E-state index in [0.29, 0.717) is 0 Å². The highest BCUT2D eigenvalue weighted by Gasteiger charge is 2.24. The number of fused-ring (bicyclic) bond motifs is 1. The van der Waals surface area contributed by atoms with Crippen molar-refractivity contribution in [3.63, 3.8) is 0 Å². The van der Waals surface area contributed by atoms with E-state index < -0.39 is 0 Å². The van der Waals surface area contributed by atoms with Crippen molar-refractivity contribution in [3.05, 3.63) is 59.3 Å². The molecule has 5 nitrogen and oxygen atoms in total. The number of hydrogen-bond donors (Lipinski definition) is 0. The molecule has 0 amide bonds. The number of likely N-dealkylation sites (tertiary alicyclic amines) is 1. The minimum Gasteiger partial charge on any atom is -0.493 e. The van der Waals surface area contributed by atoms with Crippen molar-refractivity contribution in [2.24, 2.45) is 11.8 Å². The van der Waals surface area contributed by atoms with Gasteiger partial charge in [0, 0.05) is 18.5 Å². The number of rotatable bonds is 11. The van der Waals surface area contributed by atoms with Crippen LogP contribution in [0.5, 0.6) is 5.75 Å². The van der Waals surface area contributed by atoms with Crippen molar-refractivity contribution >= 4 is 11.0 Å². The first-order chi connectivity index (χ1) is 16.7. The first kappa shape index (κ1) is 23.4. The van der Waals surface area contributed by atoms with E-state index in [4.69, 9.17) is 9.26 Å². The largest absolute Gasteiger partial charge is 0.493 e. The molecule has 5 rings (SSSR count). The summed E-state index contributed by atoms with van der Waals surface area (Å²) in [6.07, 6.45) is 8.50. The molecule has 1 saturated carbocycles. The summed E-state index contributed by atoms with van der Waals surface area (Å²) in [6.45, 7) is 5.21. The molecular weight excluding hydrogens is 422 g/mol. The van der Waals surface area contributed by atoms with E-state index in [2.05, 4.69) is 71.5 Å². The molecular formula is C29H39N3O2. The second-order valence-corrected chi connectivity index (χ2v) is 10.6. The van der Waals surface area contributed by atoms with Crippen molar-refractivity contribution < 1.29 is 9.26 Å². The van der Waals surface area contributed by atoms with Gasteiger partial charge < -0.3 is 19.1 Å². The van der Waals surface area contributed by atoms with Gasteiger partial charge in [-0.05, 0) is 102 Å². The van der Waals surface area contributed by atoms with Gasteiger partial charge in [-0.3, -0.25) is 0 Å². The van der Waals surface area contributed by atoms with Gasteiger partial charge in [-0.2, -0.15) is 0 Å². The lowest BCUT2D eigenvalue weighted by molar-refractivity contribution is 0.180. The Kier molecular flexibility index (Phi) is 7.51. The second kappa shape index (κ2) is 10.9. The van der Waals surface area contributed by atoms with Crippen LogP contribution in [-0.4, -0.2) is 55.3 Å². The van der Waals surface area contributed by atoms with Crippen LogP contribution in [0.3, 0.4) is 0 Å². The van der Waals surface area contributed by atoms with E-state index in [-0.39, 0.29) is 0 Å². The van der Waals surface area contributed by atoms with Crippen LogP contribution in [0.15, 0.2) is 47.0 Å². The molecule has 182 valence electrons. The standard InChI is InChI=1S/C29H39N3O2/c1-31(2)20-26-28(33-21-24-8-9-24)13-11-25-27(30-34-29(25)26)12-10-23-15-18-32(19-16-23)17-14-22-6-4-3-5-7-22/h3-7,11,13,23-24H,8-10,12,14-21H2,1-2H3. The van der Waals surface area contributed by atoms with E-state index in [9.17, 15) is 0 Å². The van der Waals surface area contributed by atoms with Gasteiger partial charge in [0.05, 0.1) is 17.9 Å². The third-order valence-electron chi connectivity index (χ3n) is 7.48. The van der Waals surface area contributed by atoms with Crippen molar-refractivity contribution in [2.75, 3.05) is 40.3 Å². The first-order valence-corrected chi connectivity index (χ1v) is 13.1. The molecule has 0 atom stereocenters. The van der Waals surface area contributed by atoms with Crippen molar-refractivity contribution in [2.45, 2.75) is 51.5 Å². The molecule has 2 aromatic carbocycles. The Bertz CT molecular complexity index is 1050. The van der Waals surface area contributed by atoms with Gasteiger partial charge in [0.1, 0.15) is 5.75 Å². The summed E-state index contributed by atoms with van der Waals surface area (Å²) in [5.41, 5.74) is 4.59. The molecule has 0 radical (unpaired) electrons. The number of aryl methyl sites for hydroxylation is 1. The van der Waals surface area contributed by atoms with Gasteiger partial charge in [0.2, 0.25) is 0 Å². The highest BCUT2D eigenvalue weighted by molar-refractivity contribution is 5.84. The van der Waals surface area contributed by atoms with Gasteiger partial charge in [0.25, 0.3) is 0 Å². The predicted octanol–water partition coefficient (Wildman–Crippen LogP) is 5.57. The zero-order valence-corrected chi connectivity index (χ0v) is 20.8. The zero-order valence-electron chi connectivity index (χ0n) is 20.8. The van der Waals surface area contributed by atoms with Gasteiger partial charge >= 0.3 is 0 Å². The maximum atomic E-state index is 6.17. The molecule has 1 aliphatic heterocycles. The average molecular weight is 462 g/mol. The lowest BCUT2D eigenvalue weighted by atomic mass is 9.91. The van der Waals surface area contributed by atoms with Crippen molar-refractivity contribution in [1.29, 1.82) is 0 Å². The van der Waals surface area contributed by atoms with E-state index in [0.717, 1.165) is 65.8 Å². The molecule has 5 heteroatoms. The monoisotopic (exact) mass is 461 g/mol. The minimum atomic E-state index is 0.734. The van der Waals surface area contributed by atoms with E-state index >= 15 is 0 Å². The van der Waals surface area contributed by atoms with E-state index in [1.165, 1.54) is 57.3 Å². The highest BCUT2D eigenvalue weighted by Crippen LogP contribution is 2.35. The summed E-state index contributed by atoms with van der Waals surface area (Å²) in [6, 6.07) is 15.1. The third-order valence-corrected chi connectivity index (χ3v) is 7.48. The van der Waals surface area contributed by atoms with Crippen LogP contribution in [0.1, 0.15) is 48.9 Å². The van der Waals surface area contributed by atoms with Crippen LogP contribution in [0.4, 0.5) is 0 Å². The van der Waals surface area contributed by atoms with E-state index in [1.54, 1.807) is 0 Å². The summed E-state index contributed by atoms with van der Waals surface area (Å²) >= 11 is 0. The highest BCUT2D eigenvalue weighted by atomic mass is 16.5. The fraction of sp³-hybridized carbons (Fsp3) is 0.552. The Hall–Kier alpha value is -2.37. The van der Waals surface area contributed by atoms with Crippen LogP contribution in [-0.2, 0) is 19.4 Å². The third kappa shape index (κ3) is 6.00. The average Bonchev–Trinajstić information content (AvgIpc) is 3.59. The molecule has 2 fully saturated rings. The molecule has 0 spiro atoms. The number of piperidine rings is 1. The predicted molar refractivity (Wildman–Crippen MR) is 137 cm³/mol. The number of hydrogen-bond acceptors (Lipinski definition) is 5. The lowest BCUT2D eigenvalue weighted by Crippen LogP contribution is -2.35. The van der Waals surface area contributed by atoms with Gasteiger partial charge in [-0.1, -0.05) is 35.5 Å². The Labute approximate surface area is 204 Å². The zero-order chi connectivity index (χ0) is 23.3. The normalized spacial score (nSPS) is 17.6. The summed E-state index contributed by atoms with van der Waals surface area (Å²) in [5.74, 6) is 2.47. The quantitative estimate of drug-likeness (QED) is 0.374. The molecule has 3 aromatic rings. The minimum absolute atomic E-state index is 0.734. The van der Waals surface area contributed by atoms with Gasteiger partial charge in [-0.25, -0.2) is 0 Å². The fourth-order valence-corrected chi connectivity index (χ4v) is 5.14. The number of benzene rings is 2. The van der Waals surface area contributed by atoms with E-state index in [1.807, 2.05) is 0 Å². The molecule has 1 aromatic heterocycles. The molecule has 0 N–H and O–H groups in total. The van der Waals surface area contributed by atoms with Crippen LogP contribution < -0.4 is 4.74 Å². The second-order valence-electron chi connectivity index (χ2n) is 10.6. The lowest BCUT2D eigenvalue weighted by Gasteiger charge is -2.31. The fourth-order valence-electron chi connectivity index (χ4n) is 5.14. The molecule has 2 aliphatic rings. The Balaban J connectivity index is 1.16. The molecule has 2 heterocycles.